The monoisotopic (exact) mass is 423 g/mol. The van der Waals surface area contributed by atoms with Gasteiger partial charge in [0.05, 0.1) is 12.6 Å². The van der Waals surface area contributed by atoms with Gasteiger partial charge in [-0.1, -0.05) is 36.4 Å². The molecule has 0 unspecified atom stereocenters. The molecule has 0 aliphatic carbocycles. The van der Waals surface area contributed by atoms with E-state index >= 15 is 0 Å². The van der Waals surface area contributed by atoms with Gasteiger partial charge in [-0.2, -0.15) is 0 Å². The van der Waals surface area contributed by atoms with Gasteiger partial charge in [0.2, 0.25) is 0 Å². The van der Waals surface area contributed by atoms with E-state index in [2.05, 4.69) is 36.0 Å². The zero-order valence-corrected chi connectivity index (χ0v) is 18.2. The van der Waals surface area contributed by atoms with Crippen LogP contribution in [0.5, 0.6) is 0 Å². The van der Waals surface area contributed by atoms with Crippen LogP contribution in [-0.2, 0) is 16.0 Å². The molecule has 2 saturated heterocycles. The molecule has 5 rings (SSSR count). The highest BCUT2D eigenvalue weighted by molar-refractivity contribution is 5.82. The molecule has 2 aromatic rings. The van der Waals surface area contributed by atoms with Gasteiger partial charge in [0.25, 0.3) is 5.91 Å². The molecule has 4 atom stereocenters. The van der Waals surface area contributed by atoms with Crippen molar-refractivity contribution in [2.75, 3.05) is 40.3 Å². The van der Waals surface area contributed by atoms with Crippen LogP contribution in [0, 0.1) is 5.82 Å². The molecule has 5 nitrogen and oxygen atoms in total. The van der Waals surface area contributed by atoms with Gasteiger partial charge in [-0.05, 0) is 55.8 Å². The molecule has 1 amide bonds. The molecule has 2 fully saturated rings. The molecular weight excluding hydrogens is 393 g/mol. The molecule has 6 heteroatoms. The summed E-state index contributed by atoms with van der Waals surface area (Å²) >= 11 is 0. The highest BCUT2D eigenvalue weighted by atomic mass is 19.1. The van der Waals surface area contributed by atoms with Crippen molar-refractivity contribution in [2.45, 2.75) is 37.1 Å². The van der Waals surface area contributed by atoms with Gasteiger partial charge in [-0.25, -0.2) is 4.39 Å². The summed E-state index contributed by atoms with van der Waals surface area (Å²) in [4.78, 5) is 20.4. The highest BCUT2D eigenvalue weighted by Crippen LogP contribution is 2.37. The Bertz CT molecular complexity index is 950. The SMILES string of the molecule is CN1CCN(C)[C@H]2C[C@H](C(=O)N3CCc4ccccc4[C@@H]3c3ccc(F)cc3)OC[C@@H]21. The number of hydrogen-bond donors (Lipinski definition) is 0. The van der Waals surface area contributed by atoms with Gasteiger partial charge in [-0.15, -0.1) is 0 Å². The topological polar surface area (TPSA) is 36.0 Å². The summed E-state index contributed by atoms with van der Waals surface area (Å²) in [6.45, 7) is 3.25. The number of carbonyl (C=O) groups is 1. The van der Waals surface area contributed by atoms with E-state index in [1.54, 1.807) is 12.1 Å². The maximum Gasteiger partial charge on any atom is 0.252 e. The van der Waals surface area contributed by atoms with Crippen LogP contribution in [-0.4, -0.2) is 79.1 Å². The number of halogens is 1. The molecular formula is C25H30FN3O2. The van der Waals surface area contributed by atoms with Crippen LogP contribution in [0.15, 0.2) is 48.5 Å². The van der Waals surface area contributed by atoms with Crippen molar-refractivity contribution in [3.8, 4) is 0 Å². The number of fused-ring (bicyclic) bond motifs is 2. The number of amides is 1. The van der Waals surface area contributed by atoms with Crippen LogP contribution in [0.4, 0.5) is 4.39 Å². The lowest BCUT2D eigenvalue weighted by Gasteiger charge is -2.49. The maximum atomic E-state index is 13.8. The largest absolute Gasteiger partial charge is 0.367 e. The van der Waals surface area contributed by atoms with E-state index in [0.717, 1.165) is 30.6 Å². The zero-order valence-electron chi connectivity index (χ0n) is 18.2. The molecule has 3 aliphatic heterocycles. The molecule has 0 radical (unpaired) electrons. The zero-order chi connectivity index (χ0) is 21.5. The summed E-state index contributed by atoms with van der Waals surface area (Å²) in [5.41, 5.74) is 3.31. The third-order valence-corrected chi connectivity index (χ3v) is 7.33. The second-order valence-corrected chi connectivity index (χ2v) is 9.09. The summed E-state index contributed by atoms with van der Waals surface area (Å²) in [6.07, 6.45) is 1.09. The lowest BCUT2D eigenvalue weighted by atomic mass is 9.87. The quantitative estimate of drug-likeness (QED) is 0.744. The Balaban J connectivity index is 1.44. The Labute approximate surface area is 183 Å². The summed E-state index contributed by atoms with van der Waals surface area (Å²) in [5.74, 6) is -0.222. The maximum absolute atomic E-state index is 13.8. The van der Waals surface area contributed by atoms with Crippen molar-refractivity contribution in [1.29, 1.82) is 0 Å². The van der Waals surface area contributed by atoms with Gasteiger partial charge >= 0.3 is 0 Å². The number of carbonyl (C=O) groups excluding carboxylic acids is 1. The van der Waals surface area contributed by atoms with Gasteiger partial charge in [0.1, 0.15) is 11.9 Å². The highest BCUT2D eigenvalue weighted by Gasteiger charge is 2.43. The summed E-state index contributed by atoms with van der Waals surface area (Å²) in [6, 6.07) is 15.2. The average Bonchev–Trinajstić information content (AvgIpc) is 2.81. The smallest absolute Gasteiger partial charge is 0.252 e. The number of rotatable bonds is 2. The molecule has 3 aliphatic rings. The molecule has 0 N–H and O–H groups in total. The Morgan fingerprint density at radius 3 is 2.45 bits per heavy atom. The third kappa shape index (κ3) is 3.77. The normalized spacial score (nSPS) is 29.3. The Morgan fingerprint density at radius 1 is 0.968 bits per heavy atom. The summed E-state index contributed by atoms with van der Waals surface area (Å²) in [5, 5.41) is 0. The van der Waals surface area contributed by atoms with Crippen molar-refractivity contribution in [1.82, 2.24) is 14.7 Å². The van der Waals surface area contributed by atoms with Crippen molar-refractivity contribution in [3.63, 3.8) is 0 Å². The molecule has 0 saturated carbocycles. The van der Waals surface area contributed by atoms with Crippen molar-refractivity contribution < 1.29 is 13.9 Å². The number of likely N-dealkylation sites (N-methyl/N-ethyl adjacent to an activating group) is 2. The molecule has 3 heterocycles. The number of nitrogens with zero attached hydrogens (tertiary/aromatic N) is 3. The van der Waals surface area contributed by atoms with Crippen LogP contribution in [0.3, 0.4) is 0 Å². The number of benzene rings is 2. The van der Waals surface area contributed by atoms with E-state index < -0.39 is 6.10 Å². The van der Waals surface area contributed by atoms with E-state index in [-0.39, 0.29) is 17.8 Å². The van der Waals surface area contributed by atoms with Crippen molar-refractivity contribution in [2.24, 2.45) is 0 Å². The standard InChI is InChI=1S/C25H30FN3O2/c1-27-13-14-28(2)22-16-31-23(15-21(22)27)25(30)29-12-11-17-5-3-4-6-20(17)24(29)18-7-9-19(26)10-8-18/h3-10,21-24H,11-16H2,1-2H3/t21-,22-,23+,24-/m0/s1. The van der Waals surface area contributed by atoms with Gasteiger partial charge in [0, 0.05) is 31.7 Å². The van der Waals surface area contributed by atoms with Crippen LogP contribution >= 0.6 is 0 Å². The van der Waals surface area contributed by atoms with E-state index in [9.17, 15) is 9.18 Å². The molecule has 0 spiro atoms. The first-order valence-electron chi connectivity index (χ1n) is 11.2. The lowest BCUT2D eigenvalue weighted by Crippen LogP contribution is -2.63. The first kappa shape index (κ1) is 20.6. The van der Waals surface area contributed by atoms with Crippen LogP contribution in [0.1, 0.15) is 29.2 Å². The molecule has 2 aromatic carbocycles. The van der Waals surface area contributed by atoms with Crippen LogP contribution in [0.25, 0.3) is 0 Å². The van der Waals surface area contributed by atoms with Gasteiger partial charge in [-0.3, -0.25) is 9.69 Å². The Morgan fingerprint density at radius 2 is 1.68 bits per heavy atom. The van der Waals surface area contributed by atoms with Crippen molar-refractivity contribution >= 4 is 5.91 Å². The lowest BCUT2D eigenvalue weighted by molar-refractivity contribution is -0.158. The number of ether oxygens (including phenoxy) is 1. The fourth-order valence-corrected chi connectivity index (χ4v) is 5.48. The number of piperazine rings is 1. The van der Waals surface area contributed by atoms with Crippen molar-refractivity contribution in [3.05, 3.63) is 71.0 Å². The van der Waals surface area contributed by atoms with E-state index in [1.165, 1.54) is 17.7 Å². The minimum atomic E-state index is -0.441. The van der Waals surface area contributed by atoms with E-state index in [4.69, 9.17) is 4.74 Å². The second kappa shape index (κ2) is 8.34. The Kier molecular flexibility index (Phi) is 5.54. The first-order chi connectivity index (χ1) is 15.0. The fraction of sp³-hybridized carbons (Fsp3) is 0.480. The average molecular weight is 424 g/mol. The van der Waals surface area contributed by atoms with Crippen LogP contribution in [0.2, 0.25) is 0 Å². The summed E-state index contributed by atoms with van der Waals surface area (Å²) < 4.78 is 19.8. The van der Waals surface area contributed by atoms with Gasteiger partial charge in [0.15, 0.2) is 0 Å². The molecule has 31 heavy (non-hydrogen) atoms. The van der Waals surface area contributed by atoms with Gasteiger partial charge < -0.3 is 14.5 Å². The van der Waals surface area contributed by atoms with E-state index in [0.29, 0.717) is 31.7 Å². The fourth-order valence-electron chi connectivity index (χ4n) is 5.48. The minimum absolute atomic E-state index is 0.0453. The third-order valence-electron chi connectivity index (χ3n) is 7.33. The van der Waals surface area contributed by atoms with E-state index in [1.807, 2.05) is 17.0 Å². The Hall–Kier alpha value is -2.28. The second-order valence-electron chi connectivity index (χ2n) is 9.09. The first-order valence-corrected chi connectivity index (χ1v) is 11.2. The molecule has 164 valence electrons. The van der Waals surface area contributed by atoms with Crippen LogP contribution < -0.4 is 0 Å². The molecule has 0 aromatic heterocycles. The molecule has 0 bridgehead atoms. The predicted molar refractivity (Wildman–Crippen MR) is 117 cm³/mol. The summed E-state index contributed by atoms with van der Waals surface area (Å²) in [7, 11) is 4.29. The predicted octanol–water partition coefficient (Wildman–Crippen LogP) is 2.70. The number of hydrogen-bond acceptors (Lipinski definition) is 4. The minimum Gasteiger partial charge on any atom is -0.367 e.